The van der Waals surface area contributed by atoms with Crippen LogP contribution in [-0.2, 0) is 11.0 Å². The van der Waals surface area contributed by atoms with Crippen LogP contribution in [0.1, 0.15) is 44.4 Å². The van der Waals surface area contributed by atoms with Crippen molar-refractivity contribution < 1.29 is 31.5 Å². The Labute approximate surface area is 287 Å². The van der Waals surface area contributed by atoms with E-state index in [0.29, 0.717) is 13.0 Å². The Morgan fingerprint density at radius 1 is 1.20 bits per heavy atom. The van der Waals surface area contributed by atoms with Crippen molar-refractivity contribution in [1.29, 1.82) is 5.26 Å². The van der Waals surface area contributed by atoms with Crippen molar-refractivity contribution >= 4 is 49.2 Å². The number of carbonyl (C=O) groups is 1. The Hall–Kier alpha value is -4.62. The predicted molar refractivity (Wildman–Crippen MR) is 179 cm³/mol. The highest BCUT2D eigenvalue weighted by atomic mass is 32.1. The van der Waals surface area contributed by atoms with Gasteiger partial charge >= 0.3 is 12.2 Å². The molecule has 3 aromatic heterocycles. The average Bonchev–Trinajstić information content (AvgIpc) is 3.72. The average molecular weight is 713 g/mol. The monoisotopic (exact) mass is 712 g/mol. The van der Waals surface area contributed by atoms with Crippen LogP contribution in [0, 0.1) is 17.1 Å². The normalized spacial score (nSPS) is 24.2. The summed E-state index contributed by atoms with van der Waals surface area (Å²) in [6.07, 6.45) is -2.91. The molecule has 0 spiro atoms. The lowest BCUT2D eigenvalue weighted by Crippen LogP contribution is -2.58. The number of hydrogen-bond donors (Lipinski definition) is 1. The summed E-state index contributed by atoms with van der Waals surface area (Å²) in [6, 6.07) is 4.39. The Balaban J connectivity index is 1.42. The lowest BCUT2D eigenvalue weighted by atomic mass is 9.95. The summed E-state index contributed by atoms with van der Waals surface area (Å²) in [5.41, 5.74) is 3.35. The maximum absolute atomic E-state index is 15.0. The smallest absolute Gasteiger partial charge is 0.433 e. The van der Waals surface area contributed by atoms with E-state index in [1.54, 1.807) is 9.80 Å². The van der Waals surface area contributed by atoms with E-state index in [4.69, 9.17) is 10.5 Å². The van der Waals surface area contributed by atoms with Crippen LogP contribution in [0.25, 0.3) is 32.2 Å². The molecule has 3 aliphatic heterocycles. The number of aromatic nitrogens is 3. The van der Waals surface area contributed by atoms with Gasteiger partial charge in [-0.3, -0.25) is 9.69 Å². The molecule has 2 N–H and O–H groups in total. The summed E-state index contributed by atoms with van der Waals surface area (Å²) in [5.74, 6) is -0.934. The van der Waals surface area contributed by atoms with Gasteiger partial charge in [0.05, 0.1) is 21.3 Å². The molecule has 1 amide bonds. The summed E-state index contributed by atoms with van der Waals surface area (Å²) >= 11 is 0.771. The second-order valence-corrected chi connectivity index (χ2v) is 14.3. The van der Waals surface area contributed by atoms with E-state index in [0.717, 1.165) is 30.4 Å². The molecular formula is C34H33F5N8O2S. The van der Waals surface area contributed by atoms with E-state index in [-0.39, 0.29) is 87.1 Å². The molecule has 4 unspecified atom stereocenters. The van der Waals surface area contributed by atoms with Gasteiger partial charge in [-0.05, 0) is 57.0 Å². The molecule has 16 heteroatoms. The van der Waals surface area contributed by atoms with Crippen LogP contribution < -0.4 is 15.4 Å². The molecule has 0 bridgehead atoms. The van der Waals surface area contributed by atoms with Crippen LogP contribution in [0.2, 0.25) is 0 Å². The zero-order chi connectivity index (χ0) is 35.7. The number of ether oxygens (including phenoxy) is 1. The lowest BCUT2D eigenvalue weighted by molar-refractivity contribution is -0.140. The first-order chi connectivity index (χ1) is 23.7. The molecule has 0 saturated carbocycles. The van der Waals surface area contributed by atoms with Gasteiger partial charge in [-0.15, -0.1) is 11.3 Å². The molecular weight excluding hydrogens is 679 g/mol. The van der Waals surface area contributed by atoms with Crippen molar-refractivity contribution in [3.05, 3.63) is 47.9 Å². The van der Waals surface area contributed by atoms with Gasteiger partial charge in [0.25, 0.3) is 0 Å². The van der Waals surface area contributed by atoms with Gasteiger partial charge in [-0.25, -0.2) is 13.8 Å². The Kier molecular flexibility index (Phi) is 8.33. The number of carbonyl (C=O) groups excluding carboxylic acids is 1. The van der Waals surface area contributed by atoms with Crippen molar-refractivity contribution in [2.24, 2.45) is 0 Å². The van der Waals surface area contributed by atoms with Crippen LogP contribution in [-0.4, -0.2) is 87.2 Å². The maximum atomic E-state index is 15.0. The molecule has 7 rings (SSSR count). The molecule has 0 aliphatic carbocycles. The summed E-state index contributed by atoms with van der Waals surface area (Å²) in [5, 5.41) is 9.76. The highest BCUT2D eigenvalue weighted by Crippen LogP contribution is 2.46. The number of alkyl halides is 4. The van der Waals surface area contributed by atoms with Gasteiger partial charge in [0, 0.05) is 49.1 Å². The first-order valence-corrected chi connectivity index (χ1v) is 17.0. The lowest BCUT2D eigenvalue weighted by Gasteiger charge is -2.44. The van der Waals surface area contributed by atoms with E-state index >= 15 is 0 Å². The summed E-state index contributed by atoms with van der Waals surface area (Å²) in [6.45, 7) is 8.75. The van der Waals surface area contributed by atoms with Crippen LogP contribution in [0.4, 0.5) is 32.8 Å². The number of nitrogen functional groups attached to an aromatic ring is 1. The van der Waals surface area contributed by atoms with Gasteiger partial charge in [-0.1, -0.05) is 12.6 Å². The number of benzene rings is 1. The number of piperazine rings is 1. The fourth-order valence-electron chi connectivity index (χ4n) is 7.73. The predicted octanol–water partition coefficient (Wildman–Crippen LogP) is 6.09. The van der Waals surface area contributed by atoms with Crippen LogP contribution in [0.15, 0.2) is 30.9 Å². The SMILES string of the molecule is C=CC(=O)N1CC(C)N(c2nc(OCC34CCCN3CC(F)C4)nc3cc(-c4ccc(F)c5sc(N)c(C#N)c45)c(C(F)(F)F)nc23)CC1C. The van der Waals surface area contributed by atoms with E-state index < -0.39 is 41.0 Å². The third-order valence-corrected chi connectivity index (χ3v) is 11.1. The van der Waals surface area contributed by atoms with Crippen molar-refractivity contribution in [1.82, 2.24) is 24.8 Å². The molecule has 0 radical (unpaired) electrons. The number of halogens is 5. The van der Waals surface area contributed by atoms with E-state index in [9.17, 15) is 32.0 Å². The molecule has 3 aliphatic rings. The standard InChI is InChI=1S/C34H33F5N8O2S/c1-4-25(48)46-13-18(3)47(14-17(46)2)31-27-24(42-32(44-31)49-16-33-8-5-9-45(33)15-19(35)11-33)10-21(29(43-27)34(37,38)39)20-6-7-23(36)28-26(20)22(12-40)30(41)50-28/h4,6-7,10,17-19H,1,5,8-9,11,13-16,41H2,2-3H3. The second kappa shape index (κ2) is 12.3. The first kappa shape index (κ1) is 33.9. The first-order valence-electron chi connectivity index (χ1n) is 16.2. The van der Waals surface area contributed by atoms with Gasteiger partial charge in [0.1, 0.15) is 35.2 Å². The van der Waals surface area contributed by atoms with Gasteiger partial charge < -0.3 is 20.3 Å². The van der Waals surface area contributed by atoms with Crippen LogP contribution >= 0.6 is 11.3 Å². The maximum Gasteiger partial charge on any atom is 0.433 e. The van der Waals surface area contributed by atoms with Crippen LogP contribution in [0.3, 0.4) is 0 Å². The number of amides is 1. The number of hydrogen-bond acceptors (Lipinski definition) is 10. The minimum atomic E-state index is -4.99. The molecule has 3 saturated heterocycles. The number of thiophene rings is 1. The largest absolute Gasteiger partial charge is 0.461 e. The number of anilines is 2. The Morgan fingerprint density at radius 3 is 2.70 bits per heavy atom. The molecule has 4 atom stereocenters. The molecule has 1 aromatic carbocycles. The zero-order valence-corrected chi connectivity index (χ0v) is 28.0. The summed E-state index contributed by atoms with van der Waals surface area (Å²) in [4.78, 5) is 31.4. The highest BCUT2D eigenvalue weighted by molar-refractivity contribution is 7.23. The van der Waals surface area contributed by atoms with Gasteiger partial charge in [0.2, 0.25) is 5.91 Å². The number of nitrogens with zero attached hydrogens (tertiary/aromatic N) is 7. The quantitative estimate of drug-likeness (QED) is 0.187. The fourth-order valence-corrected chi connectivity index (χ4v) is 8.68. The van der Waals surface area contributed by atoms with Crippen molar-refractivity contribution in [2.45, 2.75) is 63.1 Å². The molecule has 3 fully saturated rings. The number of rotatable bonds is 6. The second-order valence-electron chi connectivity index (χ2n) is 13.2. The third-order valence-electron chi connectivity index (χ3n) is 10.1. The number of pyridine rings is 1. The molecule has 10 nitrogen and oxygen atoms in total. The molecule has 50 heavy (non-hydrogen) atoms. The number of fused-ring (bicyclic) bond motifs is 3. The minimum absolute atomic E-state index is 0.00667. The van der Waals surface area contributed by atoms with Gasteiger partial charge in [0.15, 0.2) is 11.5 Å². The third kappa shape index (κ3) is 5.56. The Morgan fingerprint density at radius 2 is 1.98 bits per heavy atom. The molecule has 4 aromatic rings. The van der Waals surface area contributed by atoms with E-state index in [1.807, 2.05) is 19.9 Å². The zero-order valence-electron chi connectivity index (χ0n) is 27.2. The van der Waals surface area contributed by atoms with Crippen LogP contribution in [0.5, 0.6) is 6.01 Å². The summed E-state index contributed by atoms with van der Waals surface area (Å²) in [7, 11) is 0. The number of nitrogens with two attached hydrogens (primary N) is 1. The van der Waals surface area contributed by atoms with E-state index in [1.165, 1.54) is 18.2 Å². The number of nitriles is 1. The molecule has 262 valence electrons. The highest BCUT2D eigenvalue weighted by Gasteiger charge is 2.49. The Bertz CT molecular complexity index is 2080. The fraction of sp³-hybridized carbons (Fsp3) is 0.441. The van der Waals surface area contributed by atoms with Crippen molar-refractivity contribution in [2.75, 3.05) is 43.4 Å². The van der Waals surface area contributed by atoms with Gasteiger partial charge in [-0.2, -0.15) is 28.4 Å². The minimum Gasteiger partial charge on any atom is -0.461 e. The topological polar surface area (TPSA) is 125 Å². The van der Waals surface area contributed by atoms with Crippen molar-refractivity contribution in [3.63, 3.8) is 0 Å². The van der Waals surface area contributed by atoms with Crippen molar-refractivity contribution in [3.8, 4) is 23.2 Å². The van der Waals surface area contributed by atoms with E-state index in [2.05, 4.69) is 26.4 Å². The summed E-state index contributed by atoms with van der Waals surface area (Å²) < 4.78 is 80.5. The molecule has 6 heterocycles.